The summed E-state index contributed by atoms with van der Waals surface area (Å²) in [4.78, 5) is 14.0. The Bertz CT molecular complexity index is 483. The van der Waals surface area contributed by atoms with Crippen LogP contribution in [0.1, 0.15) is 17.3 Å². The third-order valence-electron chi connectivity index (χ3n) is 3.14. The lowest BCUT2D eigenvalue weighted by atomic mass is 10.1. The van der Waals surface area contributed by atoms with Gasteiger partial charge < -0.3 is 14.7 Å². The van der Waals surface area contributed by atoms with E-state index in [9.17, 15) is 9.18 Å². The monoisotopic (exact) mass is 331 g/mol. The van der Waals surface area contributed by atoms with Crippen LogP contribution in [0, 0.1) is 5.82 Å². The standard InChI is InChI=1S/C13H15BrFNO3/c1-8-7-19-10(6-17)5-16(8)13(18)9-2-3-12(15)11(14)4-9/h2-4,8,10,17H,5-7H2,1H3/t8-,10-/m0/s1. The van der Waals surface area contributed by atoms with Gasteiger partial charge in [-0.2, -0.15) is 0 Å². The normalized spacial score (nSPS) is 23.5. The van der Waals surface area contributed by atoms with E-state index in [4.69, 9.17) is 9.84 Å². The van der Waals surface area contributed by atoms with Crippen molar-refractivity contribution in [2.75, 3.05) is 19.8 Å². The second-order valence-electron chi connectivity index (χ2n) is 4.57. The molecule has 2 rings (SSSR count). The Hall–Kier alpha value is -0.980. The van der Waals surface area contributed by atoms with Crippen LogP contribution in [0.5, 0.6) is 0 Å². The zero-order valence-corrected chi connectivity index (χ0v) is 12.1. The highest BCUT2D eigenvalue weighted by atomic mass is 79.9. The Morgan fingerprint density at radius 1 is 1.63 bits per heavy atom. The number of amides is 1. The molecule has 1 saturated heterocycles. The fourth-order valence-corrected chi connectivity index (χ4v) is 2.38. The van der Waals surface area contributed by atoms with Gasteiger partial charge in [-0.15, -0.1) is 0 Å². The zero-order chi connectivity index (χ0) is 14.0. The van der Waals surface area contributed by atoms with Crippen LogP contribution in [-0.4, -0.2) is 47.8 Å². The molecule has 1 fully saturated rings. The molecular weight excluding hydrogens is 317 g/mol. The lowest BCUT2D eigenvalue weighted by Gasteiger charge is -2.37. The second-order valence-corrected chi connectivity index (χ2v) is 5.43. The van der Waals surface area contributed by atoms with E-state index in [-0.39, 0.29) is 29.1 Å². The van der Waals surface area contributed by atoms with Gasteiger partial charge in [-0.3, -0.25) is 4.79 Å². The van der Waals surface area contributed by atoms with Crippen LogP contribution in [0.3, 0.4) is 0 Å². The van der Waals surface area contributed by atoms with Gasteiger partial charge in [0.05, 0.1) is 29.8 Å². The maximum Gasteiger partial charge on any atom is 0.254 e. The van der Waals surface area contributed by atoms with Crippen LogP contribution in [0.4, 0.5) is 4.39 Å². The molecule has 0 saturated carbocycles. The number of morpholine rings is 1. The number of rotatable bonds is 2. The van der Waals surface area contributed by atoms with Gasteiger partial charge >= 0.3 is 0 Å². The molecule has 0 unspecified atom stereocenters. The number of hydrogen-bond donors (Lipinski definition) is 1. The van der Waals surface area contributed by atoms with E-state index in [0.717, 1.165) is 0 Å². The molecule has 104 valence electrons. The maximum absolute atomic E-state index is 13.2. The predicted molar refractivity (Wildman–Crippen MR) is 71.4 cm³/mol. The van der Waals surface area contributed by atoms with Crippen molar-refractivity contribution in [2.24, 2.45) is 0 Å². The van der Waals surface area contributed by atoms with Gasteiger partial charge in [0, 0.05) is 12.1 Å². The van der Waals surface area contributed by atoms with Gasteiger partial charge in [-0.1, -0.05) is 0 Å². The van der Waals surface area contributed by atoms with Crippen molar-refractivity contribution < 1.29 is 19.0 Å². The summed E-state index contributed by atoms with van der Waals surface area (Å²) in [5.41, 5.74) is 0.415. The Morgan fingerprint density at radius 3 is 3.00 bits per heavy atom. The van der Waals surface area contributed by atoms with Crippen molar-refractivity contribution in [3.8, 4) is 0 Å². The third-order valence-corrected chi connectivity index (χ3v) is 3.74. The van der Waals surface area contributed by atoms with Crippen LogP contribution in [0.2, 0.25) is 0 Å². The molecule has 1 amide bonds. The highest BCUT2D eigenvalue weighted by Crippen LogP contribution is 2.20. The van der Waals surface area contributed by atoms with E-state index >= 15 is 0 Å². The summed E-state index contributed by atoms with van der Waals surface area (Å²) in [5.74, 6) is -0.588. The lowest BCUT2D eigenvalue weighted by Crippen LogP contribution is -2.52. The van der Waals surface area contributed by atoms with Crippen LogP contribution in [0.15, 0.2) is 22.7 Å². The van der Waals surface area contributed by atoms with Gasteiger partial charge in [-0.05, 0) is 41.1 Å². The summed E-state index contributed by atoms with van der Waals surface area (Å²) in [7, 11) is 0. The highest BCUT2D eigenvalue weighted by Gasteiger charge is 2.30. The first-order chi connectivity index (χ1) is 9.02. The van der Waals surface area contributed by atoms with Crippen LogP contribution >= 0.6 is 15.9 Å². The first kappa shape index (κ1) is 14.4. The summed E-state index contributed by atoms with van der Waals surface area (Å²) in [5, 5.41) is 9.11. The topological polar surface area (TPSA) is 49.8 Å². The second kappa shape index (κ2) is 5.98. The first-order valence-electron chi connectivity index (χ1n) is 6.01. The zero-order valence-electron chi connectivity index (χ0n) is 10.5. The Kier molecular flexibility index (Phi) is 4.54. The molecule has 0 aliphatic carbocycles. The van der Waals surface area contributed by atoms with Crippen molar-refractivity contribution in [1.82, 2.24) is 4.90 Å². The van der Waals surface area contributed by atoms with Gasteiger partial charge in [-0.25, -0.2) is 4.39 Å². The average Bonchev–Trinajstić information content (AvgIpc) is 2.41. The van der Waals surface area contributed by atoms with E-state index < -0.39 is 5.82 Å². The van der Waals surface area contributed by atoms with Gasteiger partial charge in [0.2, 0.25) is 0 Å². The molecule has 0 aromatic heterocycles. The van der Waals surface area contributed by atoms with E-state index in [2.05, 4.69) is 15.9 Å². The number of ether oxygens (including phenoxy) is 1. The minimum Gasteiger partial charge on any atom is -0.394 e. The summed E-state index contributed by atoms with van der Waals surface area (Å²) in [6.45, 7) is 2.48. The molecule has 0 radical (unpaired) electrons. The SMILES string of the molecule is C[C@H]1CO[C@H](CO)CN1C(=O)c1ccc(F)c(Br)c1. The Balaban J connectivity index is 2.19. The van der Waals surface area contributed by atoms with Crippen LogP contribution < -0.4 is 0 Å². The van der Waals surface area contributed by atoms with Crippen molar-refractivity contribution in [3.63, 3.8) is 0 Å². The van der Waals surface area contributed by atoms with Crippen molar-refractivity contribution in [3.05, 3.63) is 34.1 Å². The minimum absolute atomic E-state index is 0.0703. The van der Waals surface area contributed by atoms with Gasteiger partial charge in [0.1, 0.15) is 5.82 Å². The summed E-state index contributed by atoms with van der Waals surface area (Å²) in [6, 6.07) is 4.11. The quantitative estimate of drug-likeness (QED) is 0.899. The fourth-order valence-electron chi connectivity index (χ4n) is 2.01. The van der Waals surface area contributed by atoms with Crippen LogP contribution in [0.25, 0.3) is 0 Å². The Labute approximate surface area is 119 Å². The average molecular weight is 332 g/mol. The minimum atomic E-state index is -0.403. The number of halogens is 2. The molecule has 1 aromatic rings. The number of benzene rings is 1. The molecule has 1 aromatic carbocycles. The van der Waals surface area contributed by atoms with Crippen molar-refractivity contribution in [2.45, 2.75) is 19.1 Å². The van der Waals surface area contributed by atoms with Crippen molar-refractivity contribution >= 4 is 21.8 Å². The Morgan fingerprint density at radius 2 is 2.37 bits per heavy atom. The molecule has 19 heavy (non-hydrogen) atoms. The molecule has 1 heterocycles. The summed E-state index contributed by atoms with van der Waals surface area (Å²) in [6.07, 6.45) is -0.357. The number of carbonyl (C=O) groups excluding carboxylic acids is 1. The molecule has 4 nitrogen and oxygen atoms in total. The molecule has 1 aliphatic rings. The van der Waals surface area contributed by atoms with E-state index in [1.807, 2.05) is 6.92 Å². The highest BCUT2D eigenvalue weighted by molar-refractivity contribution is 9.10. The predicted octanol–water partition coefficient (Wildman–Crippen LogP) is 1.81. The molecule has 0 spiro atoms. The summed E-state index contributed by atoms with van der Waals surface area (Å²) < 4.78 is 18.8. The van der Waals surface area contributed by atoms with Gasteiger partial charge in [0.15, 0.2) is 0 Å². The van der Waals surface area contributed by atoms with E-state index in [1.165, 1.54) is 18.2 Å². The van der Waals surface area contributed by atoms with Crippen molar-refractivity contribution in [1.29, 1.82) is 0 Å². The number of carbonyl (C=O) groups is 1. The van der Waals surface area contributed by atoms with Gasteiger partial charge in [0.25, 0.3) is 5.91 Å². The first-order valence-corrected chi connectivity index (χ1v) is 6.80. The largest absolute Gasteiger partial charge is 0.394 e. The number of nitrogens with zero attached hydrogens (tertiary/aromatic N) is 1. The van der Waals surface area contributed by atoms with E-state index in [1.54, 1.807) is 4.90 Å². The lowest BCUT2D eigenvalue weighted by molar-refractivity contribution is -0.0667. The third kappa shape index (κ3) is 3.13. The maximum atomic E-state index is 13.2. The molecule has 2 atom stereocenters. The van der Waals surface area contributed by atoms with E-state index in [0.29, 0.717) is 18.7 Å². The van der Waals surface area contributed by atoms with Crippen LogP contribution in [-0.2, 0) is 4.74 Å². The molecule has 1 N–H and O–H groups in total. The smallest absolute Gasteiger partial charge is 0.254 e. The molecular formula is C13H15BrFNO3. The fraction of sp³-hybridized carbons (Fsp3) is 0.462. The molecule has 0 bridgehead atoms. The number of hydrogen-bond acceptors (Lipinski definition) is 3. The molecule has 6 heteroatoms. The number of aliphatic hydroxyl groups is 1. The number of aliphatic hydroxyl groups excluding tert-OH is 1. The molecule has 1 aliphatic heterocycles. The summed E-state index contributed by atoms with van der Waals surface area (Å²) >= 11 is 3.07.